The Morgan fingerprint density at radius 3 is 1.86 bits per heavy atom. The zero-order chi connectivity index (χ0) is 20.9. The summed E-state index contributed by atoms with van der Waals surface area (Å²) in [5.74, 6) is 2.18. The van der Waals surface area contributed by atoms with E-state index in [0.29, 0.717) is 5.92 Å². The monoisotopic (exact) mass is 390 g/mol. The van der Waals surface area contributed by atoms with Gasteiger partial charge >= 0.3 is 0 Å². The van der Waals surface area contributed by atoms with Gasteiger partial charge in [-0.25, -0.2) is 0 Å². The van der Waals surface area contributed by atoms with Crippen molar-refractivity contribution >= 4 is 12.2 Å². The van der Waals surface area contributed by atoms with Crippen LogP contribution in [0.4, 0.5) is 0 Å². The molecule has 0 spiro atoms. The van der Waals surface area contributed by atoms with Crippen LogP contribution in [0, 0.1) is 5.92 Å². The predicted molar refractivity (Wildman–Crippen MR) is 123 cm³/mol. The Morgan fingerprint density at radius 1 is 0.897 bits per heavy atom. The fraction of sp³-hybridized carbons (Fsp3) is 0.407. The van der Waals surface area contributed by atoms with E-state index in [2.05, 4.69) is 58.2 Å². The highest BCUT2D eigenvalue weighted by atomic mass is 16.5. The summed E-state index contributed by atoms with van der Waals surface area (Å²) in [6.45, 7) is 14.3. The number of hydrogen-bond acceptors (Lipinski definition) is 2. The molecule has 3 rings (SSSR count). The number of hydrogen-bond donors (Lipinski definition) is 0. The first kappa shape index (κ1) is 21.2. The van der Waals surface area contributed by atoms with Crippen molar-refractivity contribution < 1.29 is 9.47 Å². The molecule has 2 aromatic carbocycles. The highest BCUT2D eigenvalue weighted by Gasteiger charge is 2.41. The van der Waals surface area contributed by atoms with Crippen LogP contribution in [0.2, 0.25) is 0 Å². The molecule has 1 unspecified atom stereocenters. The molecule has 154 valence electrons. The molecule has 1 aliphatic rings. The van der Waals surface area contributed by atoms with E-state index in [0.717, 1.165) is 41.9 Å². The van der Waals surface area contributed by atoms with Gasteiger partial charge in [0.15, 0.2) is 0 Å². The van der Waals surface area contributed by atoms with Crippen LogP contribution in [0.3, 0.4) is 0 Å². The largest absolute Gasteiger partial charge is 0.488 e. The van der Waals surface area contributed by atoms with E-state index >= 15 is 0 Å². The van der Waals surface area contributed by atoms with Gasteiger partial charge in [-0.3, -0.25) is 0 Å². The van der Waals surface area contributed by atoms with Crippen molar-refractivity contribution in [2.45, 2.75) is 64.1 Å². The van der Waals surface area contributed by atoms with Gasteiger partial charge < -0.3 is 9.47 Å². The molecule has 2 nitrogen and oxygen atoms in total. The van der Waals surface area contributed by atoms with E-state index in [1.165, 1.54) is 12.8 Å². The molecule has 0 amide bonds. The first-order chi connectivity index (χ1) is 13.9. The van der Waals surface area contributed by atoms with Gasteiger partial charge in [-0.15, -0.1) is 0 Å². The summed E-state index contributed by atoms with van der Waals surface area (Å²) < 4.78 is 13.0. The summed E-state index contributed by atoms with van der Waals surface area (Å²) in [6.07, 6.45) is 9.34. The number of benzene rings is 2. The highest BCUT2D eigenvalue weighted by Crippen LogP contribution is 2.42. The Morgan fingerprint density at radius 2 is 1.38 bits per heavy atom. The minimum Gasteiger partial charge on any atom is -0.488 e. The van der Waals surface area contributed by atoms with Crippen molar-refractivity contribution in [2.24, 2.45) is 5.92 Å². The number of rotatable bonds is 9. The second kappa shape index (κ2) is 8.90. The molecule has 0 aliphatic heterocycles. The van der Waals surface area contributed by atoms with E-state index in [9.17, 15) is 0 Å². The molecule has 0 saturated heterocycles. The topological polar surface area (TPSA) is 18.5 Å². The van der Waals surface area contributed by atoms with Crippen molar-refractivity contribution in [3.8, 4) is 11.5 Å². The van der Waals surface area contributed by atoms with Crippen LogP contribution in [0.15, 0.2) is 61.7 Å². The van der Waals surface area contributed by atoms with Gasteiger partial charge in [0.2, 0.25) is 0 Å². The average Bonchev–Trinajstić information content (AvgIpc) is 3.16. The van der Waals surface area contributed by atoms with Gasteiger partial charge in [-0.2, -0.15) is 0 Å². The van der Waals surface area contributed by atoms with Crippen molar-refractivity contribution in [3.05, 3.63) is 72.8 Å². The lowest BCUT2D eigenvalue weighted by Gasteiger charge is -2.39. The van der Waals surface area contributed by atoms with E-state index < -0.39 is 0 Å². The lowest BCUT2D eigenvalue weighted by atomic mass is 9.81. The molecule has 0 heterocycles. The maximum absolute atomic E-state index is 6.61. The van der Waals surface area contributed by atoms with Gasteiger partial charge in [-0.1, -0.05) is 56.5 Å². The molecule has 1 atom stereocenters. The normalized spacial score (nSPS) is 16.8. The molecule has 2 aromatic rings. The van der Waals surface area contributed by atoms with Crippen LogP contribution >= 0.6 is 0 Å². The van der Waals surface area contributed by atoms with Crippen LogP contribution in [-0.4, -0.2) is 11.2 Å². The molecule has 1 fully saturated rings. The van der Waals surface area contributed by atoms with Crippen LogP contribution in [0.1, 0.15) is 64.0 Å². The third-order valence-electron chi connectivity index (χ3n) is 6.33. The van der Waals surface area contributed by atoms with Crippen molar-refractivity contribution in [1.29, 1.82) is 0 Å². The maximum Gasteiger partial charge on any atom is 0.120 e. The van der Waals surface area contributed by atoms with Gasteiger partial charge in [0.25, 0.3) is 0 Å². The molecule has 0 aromatic heterocycles. The van der Waals surface area contributed by atoms with Gasteiger partial charge in [0.05, 0.1) is 0 Å². The zero-order valence-electron chi connectivity index (χ0n) is 18.1. The summed E-state index contributed by atoms with van der Waals surface area (Å²) >= 11 is 0. The summed E-state index contributed by atoms with van der Waals surface area (Å²) in [7, 11) is 0. The first-order valence-corrected chi connectivity index (χ1v) is 10.7. The minimum atomic E-state index is -0.290. The first-order valence-electron chi connectivity index (χ1n) is 10.7. The summed E-state index contributed by atoms with van der Waals surface area (Å²) in [6, 6.07) is 16.4. The fourth-order valence-electron chi connectivity index (χ4n) is 4.17. The molecule has 0 bridgehead atoms. The standard InChI is InChI=1S/C27H34O2/c1-6-22-10-14-24(15-11-22)28-26(4,5)21(3)20-27(18-8-9-19-27)29-25-16-12-23(7-2)13-17-25/h6-7,10-17,21H,1-2,8-9,18-20H2,3-5H3. The SMILES string of the molecule is C=Cc1ccc(OC2(CC(C)C(C)(C)Oc3ccc(C=C)cc3)CCCC2)cc1. The second-order valence-electron chi connectivity index (χ2n) is 8.85. The average molecular weight is 391 g/mol. The summed E-state index contributed by atoms with van der Waals surface area (Å²) in [4.78, 5) is 0. The zero-order valence-corrected chi connectivity index (χ0v) is 18.1. The Bertz CT molecular complexity index is 809. The second-order valence-corrected chi connectivity index (χ2v) is 8.85. The Hall–Kier alpha value is -2.48. The molecule has 1 saturated carbocycles. The number of ether oxygens (including phenoxy) is 2. The Balaban J connectivity index is 1.70. The van der Waals surface area contributed by atoms with Crippen molar-refractivity contribution in [3.63, 3.8) is 0 Å². The van der Waals surface area contributed by atoms with E-state index in [1.807, 2.05) is 36.4 Å². The lowest BCUT2D eigenvalue weighted by Crippen LogP contribution is -2.43. The molecular weight excluding hydrogens is 356 g/mol. The van der Waals surface area contributed by atoms with Crippen LogP contribution in [-0.2, 0) is 0 Å². The van der Waals surface area contributed by atoms with Gasteiger partial charge in [0.1, 0.15) is 22.7 Å². The van der Waals surface area contributed by atoms with E-state index in [-0.39, 0.29) is 11.2 Å². The maximum atomic E-state index is 6.61. The molecule has 29 heavy (non-hydrogen) atoms. The van der Waals surface area contributed by atoms with E-state index in [4.69, 9.17) is 9.47 Å². The van der Waals surface area contributed by atoms with Crippen LogP contribution in [0.5, 0.6) is 11.5 Å². The van der Waals surface area contributed by atoms with E-state index in [1.54, 1.807) is 0 Å². The highest BCUT2D eigenvalue weighted by molar-refractivity contribution is 5.49. The van der Waals surface area contributed by atoms with Gasteiger partial charge in [0, 0.05) is 0 Å². The summed E-state index contributed by atoms with van der Waals surface area (Å²) in [5.41, 5.74) is 1.82. The molecule has 0 N–H and O–H groups in total. The minimum absolute atomic E-state index is 0.109. The smallest absolute Gasteiger partial charge is 0.120 e. The Kier molecular flexibility index (Phi) is 6.52. The quantitative estimate of drug-likeness (QED) is 0.440. The molecule has 1 aliphatic carbocycles. The van der Waals surface area contributed by atoms with Crippen molar-refractivity contribution in [2.75, 3.05) is 0 Å². The molecular formula is C27H34O2. The summed E-state index contributed by atoms with van der Waals surface area (Å²) in [5, 5.41) is 0. The molecule has 0 radical (unpaired) electrons. The fourth-order valence-corrected chi connectivity index (χ4v) is 4.17. The van der Waals surface area contributed by atoms with Crippen LogP contribution < -0.4 is 9.47 Å². The Labute approximate surface area is 176 Å². The predicted octanol–water partition coefficient (Wildman–Crippen LogP) is 7.55. The third-order valence-corrected chi connectivity index (χ3v) is 6.33. The lowest BCUT2D eigenvalue weighted by molar-refractivity contribution is -0.0111. The van der Waals surface area contributed by atoms with Crippen LogP contribution in [0.25, 0.3) is 12.2 Å². The van der Waals surface area contributed by atoms with Crippen molar-refractivity contribution in [1.82, 2.24) is 0 Å². The third kappa shape index (κ3) is 5.32. The molecule has 2 heteroatoms. The van der Waals surface area contributed by atoms with Gasteiger partial charge in [-0.05, 0) is 87.3 Å².